The van der Waals surface area contributed by atoms with Gasteiger partial charge in [-0.15, -0.1) is 0 Å². The summed E-state index contributed by atoms with van der Waals surface area (Å²) in [6.45, 7) is 3.42. The number of nitrogens with one attached hydrogen (secondary N) is 1. The van der Waals surface area contributed by atoms with Crippen molar-refractivity contribution >= 4 is 44.6 Å². The number of aryl methyl sites for hydroxylation is 2. The first kappa shape index (κ1) is 47.4. The Morgan fingerprint density at radius 1 is 0.794 bits per heavy atom. The minimum absolute atomic E-state index is 0.0276. The largest absolute Gasteiger partial charge is 0.381 e. The number of nitro groups is 2. The molecule has 349 valence electrons. The summed E-state index contributed by atoms with van der Waals surface area (Å²) in [5.74, 6) is -1.07. The van der Waals surface area contributed by atoms with Gasteiger partial charge in [-0.1, -0.05) is 124 Å². The minimum Gasteiger partial charge on any atom is -0.381 e. The second-order valence-corrected chi connectivity index (χ2v) is 18.3. The van der Waals surface area contributed by atoms with Crippen LogP contribution < -0.4 is 0 Å². The van der Waals surface area contributed by atoms with Crippen LogP contribution in [0.3, 0.4) is 0 Å². The number of non-ortho nitro benzene ring substituents is 1. The minimum atomic E-state index is -2.47. The molecule has 2 heterocycles. The molecule has 13 nitrogen and oxygen atoms in total. The fraction of sp³-hybridized carbons (Fsp3) is 0.327. The summed E-state index contributed by atoms with van der Waals surface area (Å²) in [6, 6.07) is 34.7. The number of amides is 1. The molecule has 0 aliphatic heterocycles. The van der Waals surface area contributed by atoms with Crippen LogP contribution in [0.4, 0.5) is 11.4 Å². The number of ketones is 1. The van der Waals surface area contributed by atoms with E-state index in [4.69, 9.17) is 0 Å². The summed E-state index contributed by atoms with van der Waals surface area (Å²) >= 11 is 0. The number of Topliss-reactive ketones (excluding diaryl/α,β-unsaturated/α-hetero) is 1. The molecule has 1 saturated carbocycles. The summed E-state index contributed by atoms with van der Waals surface area (Å²) < 4.78 is 0. The zero-order valence-electron chi connectivity index (χ0n) is 38.6. The normalized spacial score (nSPS) is 14.9. The van der Waals surface area contributed by atoms with Gasteiger partial charge in [-0.05, 0) is 94.5 Å². The van der Waals surface area contributed by atoms with Gasteiger partial charge in [-0.3, -0.25) is 34.8 Å². The highest BCUT2D eigenvalue weighted by Gasteiger charge is 2.58. The lowest BCUT2D eigenvalue weighted by molar-refractivity contribution is -0.394. The molecule has 2 N–H and O–H groups in total. The van der Waals surface area contributed by atoms with Crippen LogP contribution in [-0.4, -0.2) is 57.6 Å². The summed E-state index contributed by atoms with van der Waals surface area (Å²) in [7, 11) is 0. The Morgan fingerprint density at radius 2 is 1.47 bits per heavy atom. The smallest absolute Gasteiger partial charge is 0.280 e. The van der Waals surface area contributed by atoms with Crippen LogP contribution in [0.15, 0.2) is 134 Å². The Morgan fingerprint density at radius 3 is 2.12 bits per heavy atom. The number of carbonyl (C=O) groups is 2. The third-order valence-corrected chi connectivity index (χ3v) is 14.0. The standard InChI is InChI=1S/C55H57N6O7/c1-3-45-30-40(27-29-57-45)16-13-28-55(64,51(31-39-14-5-4-6-15-39)50-26-25-47(60(65)66)32-52(50)61(67)68)53(63)54(34-46-35-56-37-58-46,33-43-21-11-19-41-17-7-9-23-48(41)43)59(38(2)62)36-44-22-12-20-42-18-8-10-24-49(42)44/h7-12,17-27,29-30,32,35,37,39,64H,3-6,13-16,28,31,33-34,36H2,1-2H3,(H,56,58)/t54?,55-/m0/s1. The molecule has 1 amide bonds. The van der Waals surface area contributed by atoms with Gasteiger partial charge in [0.05, 0.1) is 33.9 Å². The van der Waals surface area contributed by atoms with E-state index in [2.05, 4.69) is 15.0 Å². The Labute approximate surface area is 396 Å². The predicted molar refractivity (Wildman–Crippen MR) is 263 cm³/mol. The van der Waals surface area contributed by atoms with Crippen molar-refractivity contribution in [2.45, 2.75) is 109 Å². The molecular formula is C55H57N6O7. The summed E-state index contributed by atoms with van der Waals surface area (Å²) in [5, 5.41) is 43.2. The molecule has 8 rings (SSSR count). The Balaban J connectivity index is 1.41. The molecule has 1 unspecified atom stereocenters. The van der Waals surface area contributed by atoms with Crippen LogP contribution in [0, 0.1) is 32.1 Å². The molecular weight excluding hydrogens is 857 g/mol. The number of nitro benzene ring substituents is 2. The van der Waals surface area contributed by atoms with Crippen molar-refractivity contribution in [3.05, 3.63) is 194 Å². The molecule has 1 aliphatic rings. The maximum Gasteiger partial charge on any atom is 0.280 e. The van der Waals surface area contributed by atoms with Crippen LogP contribution >= 0.6 is 0 Å². The maximum atomic E-state index is 17.2. The number of H-pyrrole nitrogens is 1. The molecule has 0 spiro atoms. The van der Waals surface area contributed by atoms with E-state index in [0.717, 1.165) is 82.1 Å². The van der Waals surface area contributed by atoms with E-state index in [-0.39, 0.29) is 56.0 Å². The topological polar surface area (TPSA) is 185 Å². The van der Waals surface area contributed by atoms with Crippen LogP contribution in [0.5, 0.6) is 0 Å². The van der Waals surface area contributed by atoms with E-state index < -0.39 is 44.1 Å². The van der Waals surface area contributed by atoms with E-state index in [9.17, 15) is 30.1 Å². The van der Waals surface area contributed by atoms with Crippen molar-refractivity contribution in [2.24, 2.45) is 5.92 Å². The first-order valence-corrected chi connectivity index (χ1v) is 23.6. The lowest BCUT2D eigenvalue weighted by atomic mass is 9.64. The SMILES string of the molecule is CCc1cc(CCC[C@](O)([C](CC2CCCCC2)c2ccc([N+](=O)[O-])cc2[N+](=O)[O-])C(=O)C(Cc2c[nH]cn2)(Cc2cccc3ccccc23)N(Cc2cccc3ccccc23)C(C)=O)ccn1. The predicted octanol–water partition coefficient (Wildman–Crippen LogP) is 11.0. The highest BCUT2D eigenvalue weighted by Crippen LogP contribution is 2.48. The van der Waals surface area contributed by atoms with Gasteiger partial charge in [0, 0.05) is 56.0 Å². The number of aromatic amines is 1. The van der Waals surface area contributed by atoms with Gasteiger partial charge in [0.15, 0.2) is 5.78 Å². The number of fused-ring (bicyclic) bond motifs is 2. The molecule has 1 radical (unpaired) electrons. The van der Waals surface area contributed by atoms with Crippen LogP contribution in [-0.2, 0) is 41.8 Å². The Kier molecular flexibility index (Phi) is 14.5. The number of rotatable bonds is 20. The molecule has 0 bridgehead atoms. The fourth-order valence-corrected chi connectivity index (χ4v) is 10.6. The molecule has 2 aromatic heterocycles. The van der Waals surface area contributed by atoms with Crippen LogP contribution in [0.25, 0.3) is 21.5 Å². The second kappa shape index (κ2) is 20.8. The quantitative estimate of drug-likeness (QED) is 0.0554. The summed E-state index contributed by atoms with van der Waals surface area (Å²) in [6.07, 6.45) is 10.4. The Bertz CT molecular complexity index is 2920. The van der Waals surface area contributed by atoms with Crippen LogP contribution in [0.2, 0.25) is 0 Å². The van der Waals surface area contributed by atoms with Gasteiger partial charge in [-0.2, -0.15) is 0 Å². The van der Waals surface area contributed by atoms with Crippen molar-refractivity contribution in [3.8, 4) is 0 Å². The van der Waals surface area contributed by atoms with Crippen molar-refractivity contribution in [1.29, 1.82) is 0 Å². The molecule has 13 heteroatoms. The van der Waals surface area contributed by atoms with Gasteiger partial charge in [0.2, 0.25) is 5.91 Å². The third kappa shape index (κ3) is 10.1. The molecule has 68 heavy (non-hydrogen) atoms. The van der Waals surface area contributed by atoms with Crippen molar-refractivity contribution in [2.75, 3.05) is 0 Å². The van der Waals surface area contributed by atoms with Crippen molar-refractivity contribution in [3.63, 3.8) is 0 Å². The number of aliphatic hydroxyl groups is 1. The van der Waals surface area contributed by atoms with Crippen molar-refractivity contribution in [1.82, 2.24) is 19.9 Å². The number of benzene rings is 5. The monoisotopic (exact) mass is 913 g/mol. The first-order valence-electron chi connectivity index (χ1n) is 23.6. The number of imidazole rings is 1. The lowest BCUT2D eigenvalue weighted by Gasteiger charge is -2.49. The number of nitrogens with zero attached hydrogens (tertiary/aromatic N) is 5. The van der Waals surface area contributed by atoms with Gasteiger partial charge < -0.3 is 15.0 Å². The first-order chi connectivity index (χ1) is 32.9. The molecule has 2 atom stereocenters. The summed E-state index contributed by atoms with van der Waals surface area (Å²) in [5.41, 5.74) is -1.64. The highest BCUT2D eigenvalue weighted by atomic mass is 16.6. The third-order valence-electron chi connectivity index (χ3n) is 14.0. The molecule has 0 saturated heterocycles. The molecule has 1 fully saturated rings. The van der Waals surface area contributed by atoms with E-state index in [1.54, 1.807) is 17.3 Å². The van der Waals surface area contributed by atoms with E-state index in [1.807, 2.05) is 104 Å². The lowest BCUT2D eigenvalue weighted by Crippen LogP contribution is -2.66. The zero-order chi connectivity index (χ0) is 47.8. The van der Waals surface area contributed by atoms with Crippen molar-refractivity contribution < 1.29 is 24.5 Å². The average Bonchev–Trinajstić information content (AvgIpc) is 3.87. The molecule has 1 aliphatic carbocycles. The number of pyridine rings is 1. The van der Waals surface area contributed by atoms with E-state index in [1.165, 1.54) is 25.4 Å². The van der Waals surface area contributed by atoms with E-state index in [0.29, 0.717) is 18.5 Å². The van der Waals surface area contributed by atoms with Gasteiger partial charge in [0.25, 0.3) is 11.4 Å². The number of aromatic nitrogens is 3. The van der Waals surface area contributed by atoms with Gasteiger partial charge in [-0.25, -0.2) is 4.98 Å². The van der Waals surface area contributed by atoms with Gasteiger partial charge in [0.1, 0.15) is 11.1 Å². The second-order valence-electron chi connectivity index (χ2n) is 18.3. The van der Waals surface area contributed by atoms with Crippen LogP contribution in [0.1, 0.15) is 98.9 Å². The molecule has 7 aromatic rings. The number of hydrogen-bond donors (Lipinski definition) is 2. The van der Waals surface area contributed by atoms with Gasteiger partial charge >= 0.3 is 0 Å². The fourth-order valence-electron chi connectivity index (χ4n) is 10.6. The van der Waals surface area contributed by atoms with E-state index >= 15 is 4.79 Å². The highest BCUT2D eigenvalue weighted by molar-refractivity contribution is 6.02. The Hall–Kier alpha value is -7.12. The molecule has 5 aromatic carbocycles. The maximum absolute atomic E-state index is 17.2. The number of carbonyl (C=O) groups excluding carboxylic acids is 2. The average molecular weight is 914 g/mol. The summed E-state index contributed by atoms with van der Waals surface area (Å²) in [4.78, 5) is 69.8. The zero-order valence-corrected chi connectivity index (χ0v) is 38.6. The number of hydrogen-bond acceptors (Lipinski definition) is 9.